The van der Waals surface area contributed by atoms with Crippen molar-refractivity contribution in [3.8, 4) is 11.5 Å². The predicted molar refractivity (Wildman–Crippen MR) is 125 cm³/mol. The number of fused-ring (bicyclic) bond motifs is 1. The first-order chi connectivity index (χ1) is 15.2. The van der Waals surface area contributed by atoms with E-state index in [0.29, 0.717) is 24.5 Å². The molecule has 1 unspecified atom stereocenters. The van der Waals surface area contributed by atoms with Crippen LogP contribution in [0.3, 0.4) is 0 Å². The molecule has 4 aromatic rings. The summed E-state index contributed by atoms with van der Waals surface area (Å²) in [6.45, 7) is 0.466. The highest BCUT2D eigenvalue weighted by molar-refractivity contribution is 7.07. The highest BCUT2D eigenvalue weighted by Crippen LogP contribution is 2.40. The molecule has 31 heavy (non-hydrogen) atoms. The van der Waals surface area contributed by atoms with Crippen molar-refractivity contribution < 1.29 is 14.3 Å². The third kappa shape index (κ3) is 4.59. The van der Waals surface area contributed by atoms with Gasteiger partial charge in [0.15, 0.2) is 11.5 Å². The number of benzene rings is 2. The Morgan fingerprint density at radius 2 is 1.94 bits per heavy atom. The molecule has 5 nitrogen and oxygen atoms in total. The fourth-order valence-electron chi connectivity index (χ4n) is 3.95. The Morgan fingerprint density at radius 3 is 2.71 bits per heavy atom. The van der Waals surface area contributed by atoms with Crippen LogP contribution in [0, 0.1) is 0 Å². The highest BCUT2D eigenvalue weighted by Gasteiger charge is 2.24. The molecule has 0 bridgehead atoms. The van der Waals surface area contributed by atoms with Gasteiger partial charge in [-0.1, -0.05) is 30.3 Å². The predicted octanol–water partition coefficient (Wildman–Crippen LogP) is 5.13. The van der Waals surface area contributed by atoms with Crippen molar-refractivity contribution in [3.63, 3.8) is 0 Å². The summed E-state index contributed by atoms with van der Waals surface area (Å²) in [7, 11) is 3.28. The summed E-state index contributed by atoms with van der Waals surface area (Å²) < 4.78 is 11.2. The molecule has 4 rings (SSSR count). The number of hydrogen-bond acceptors (Lipinski definition) is 4. The molecule has 6 heteroatoms. The first kappa shape index (κ1) is 21.0. The number of H-pyrrole nitrogens is 1. The van der Waals surface area contributed by atoms with E-state index in [1.54, 1.807) is 25.6 Å². The second-order valence-corrected chi connectivity index (χ2v) is 8.14. The lowest BCUT2D eigenvalue weighted by Crippen LogP contribution is -2.29. The number of thiophene rings is 1. The maximum atomic E-state index is 12.6. The first-order valence-electron chi connectivity index (χ1n) is 10.3. The zero-order chi connectivity index (χ0) is 21.6. The van der Waals surface area contributed by atoms with Crippen molar-refractivity contribution in [1.29, 1.82) is 0 Å². The molecule has 0 fully saturated rings. The monoisotopic (exact) mass is 434 g/mol. The standard InChI is InChI=1S/C25H26N2O3S/c1-29-23-9-5-7-19(25(23)30-2)21(20-14-26-22-8-4-3-6-18(20)22)15-27-24(28)11-10-17-12-13-31-16-17/h3-9,12-14,16,21,26H,10-11,15H2,1-2H3,(H,27,28). The number of aromatic amines is 1. The molecule has 2 aromatic carbocycles. The van der Waals surface area contributed by atoms with E-state index in [9.17, 15) is 4.79 Å². The number of rotatable bonds is 9. The number of carbonyl (C=O) groups is 1. The zero-order valence-electron chi connectivity index (χ0n) is 17.7. The van der Waals surface area contributed by atoms with Crippen LogP contribution in [0.15, 0.2) is 65.5 Å². The maximum Gasteiger partial charge on any atom is 0.220 e. The fraction of sp³-hybridized carbons (Fsp3) is 0.240. The Labute approximate surface area is 186 Å². The van der Waals surface area contributed by atoms with E-state index in [4.69, 9.17) is 9.47 Å². The number of aryl methyl sites for hydroxylation is 1. The molecule has 160 valence electrons. The lowest BCUT2D eigenvalue weighted by atomic mass is 9.89. The molecule has 2 N–H and O–H groups in total. The van der Waals surface area contributed by atoms with Crippen LogP contribution in [0.2, 0.25) is 0 Å². The summed E-state index contributed by atoms with van der Waals surface area (Å²) in [5, 5.41) is 8.39. The number of methoxy groups -OCH3 is 2. The van der Waals surface area contributed by atoms with Gasteiger partial charge < -0.3 is 19.8 Å². The van der Waals surface area contributed by atoms with Gasteiger partial charge in [0.2, 0.25) is 5.91 Å². The minimum Gasteiger partial charge on any atom is -0.493 e. The van der Waals surface area contributed by atoms with Crippen molar-refractivity contribution >= 4 is 28.1 Å². The lowest BCUT2D eigenvalue weighted by Gasteiger charge is -2.22. The second-order valence-electron chi connectivity index (χ2n) is 7.36. The van der Waals surface area contributed by atoms with E-state index in [0.717, 1.165) is 28.5 Å². The van der Waals surface area contributed by atoms with Gasteiger partial charge in [-0.3, -0.25) is 4.79 Å². The summed E-state index contributed by atoms with van der Waals surface area (Å²) in [6, 6.07) is 16.1. The molecule has 1 amide bonds. The Kier molecular flexibility index (Phi) is 6.57. The zero-order valence-corrected chi connectivity index (χ0v) is 18.5. The Balaban J connectivity index is 1.63. The summed E-state index contributed by atoms with van der Waals surface area (Å²) in [5.41, 5.74) is 4.35. The number of carbonyl (C=O) groups excluding carboxylic acids is 1. The van der Waals surface area contributed by atoms with Gasteiger partial charge in [-0.2, -0.15) is 11.3 Å². The third-order valence-electron chi connectivity index (χ3n) is 5.53. The van der Waals surface area contributed by atoms with Crippen LogP contribution in [0.5, 0.6) is 11.5 Å². The minimum atomic E-state index is -0.0914. The number of ether oxygens (including phenoxy) is 2. The topological polar surface area (TPSA) is 63.3 Å². The third-order valence-corrected chi connectivity index (χ3v) is 6.26. The Hall–Kier alpha value is -3.25. The van der Waals surface area contributed by atoms with Gasteiger partial charge in [-0.05, 0) is 46.5 Å². The van der Waals surface area contributed by atoms with Crippen molar-refractivity contribution in [2.75, 3.05) is 20.8 Å². The molecule has 2 aromatic heterocycles. The van der Waals surface area contributed by atoms with Crippen LogP contribution in [0.25, 0.3) is 10.9 Å². The summed E-state index contributed by atoms with van der Waals surface area (Å²) in [6.07, 6.45) is 3.23. The van der Waals surface area contributed by atoms with E-state index in [1.165, 1.54) is 5.56 Å². The quantitative estimate of drug-likeness (QED) is 0.384. The smallest absolute Gasteiger partial charge is 0.220 e. The number of para-hydroxylation sites is 2. The van der Waals surface area contributed by atoms with Crippen LogP contribution in [0.4, 0.5) is 0 Å². The largest absolute Gasteiger partial charge is 0.493 e. The number of nitrogens with one attached hydrogen (secondary N) is 2. The molecule has 0 spiro atoms. The average molecular weight is 435 g/mol. The van der Waals surface area contributed by atoms with Crippen molar-refractivity contribution in [2.45, 2.75) is 18.8 Å². The lowest BCUT2D eigenvalue weighted by molar-refractivity contribution is -0.121. The highest BCUT2D eigenvalue weighted by atomic mass is 32.1. The van der Waals surface area contributed by atoms with E-state index >= 15 is 0 Å². The van der Waals surface area contributed by atoms with Crippen molar-refractivity contribution in [3.05, 3.63) is 82.2 Å². The fourth-order valence-corrected chi connectivity index (χ4v) is 4.66. The van der Waals surface area contributed by atoms with Gasteiger partial charge in [-0.25, -0.2) is 0 Å². The van der Waals surface area contributed by atoms with E-state index in [-0.39, 0.29) is 11.8 Å². The van der Waals surface area contributed by atoms with Crippen LogP contribution in [0.1, 0.15) is 29.0 Å². The van der Waals surface area contributed by atoms with Gasteiger partial charge in [0.25, 0.3) is 0 Å². The van der Waals surface area contributed by atoms with Crippen LogP contribution in [-0.2, 0) is 11.2 Å². The van der Waals surface area contributed by atoms with E-state index in [1.807, 2.05) is 41.9 Å². The second kappa shape index (κ2) is 9.71. The molecule has 0 aliphatic carbocycles. The van der Waals surface area contributed by atoms with Gasteiger partial charge in [0.1, 0.15) is 0 Å². The molecule has 1 atom stereocenters. The molecular formula is C25H26N2O3S. The van der Waals surface area contributed by atoms with Crippen LogP contribution in [-0.4, -0.2) is 31.7 Å². The van der Waals surface area contributed by atoms with Gasteiger partial charge >= 0.3 is 0 Å². The molecule has 0 saturated carbocycles. The molecule has 0 saturated heterocycles. The average Bonchev–Trinajstić information content (AvgIpc) is 3.48. The first-order valence-corrected chi connectivity index (χ1v) is 11.2. The van der Waals surface area contributed by atoms with Gasteiger partial charge in [0.05, 0.1) is 14.2 Å². The Bertz CT molecular complexity index is 1150. The minimum absolute atomic E-state index is 0.0397. The molecule has 2 heterocycles. The SMILES string of the molecule is COc1cccc(C(CNC(=O)CCc2ccsc2)c2c[nH]c3ccccc23)c1OC. The van der Waals surface area contributed by atoms with E-state index < -0.39 is 0 Å². The molecule has 0 aliphatic rings. The summed E-state index contributed by atoms with van der Waals surface area (Å²) >= 11 is 1.65. The summed E-state index contributed by atoms with van der Waals surface area (Å²) in [4.78, 5) is 16.0. The number of aromatic nitrogens is 1. The van der Waals surface area contributed by atoms with E-state index in [2.05, 4.69) is 33.9 Å². The molecule has 0 aliphatic heterocycles. The van der Waals surface area contributed by atoms with Crippen molar-refractivity contribution in [2.24, 2.45) is 0 Å². The normalized spacial score (nSPS) is 11.9. The van der Waals surface area contributed by atoms with Crippen LogP contribution < -0.4 is 14.8 Å². The molecule has 0 radical (unpaired) electrons. The van der Waals surface area contributed by atoms with Gasteiger partial charge in [-0.15, -0.1) is 0 Å². The van der Waals surface area contributed by atoms with Crippen LogP contribution >= 0.6 is 11.3 Å². The molecular weight excluding hydrogens is 408 g/mol. The number of amides is 1. The van der Waals surface area contributed by atoms with Crippen molar-refractivity contribution in [1.82, 2.24) is 10.3 Å². The van der Waals surface area contributed by atoms with Gasteiger partial charge in [0, 0.05) is 41.5 Å². The number of hydrogen-bond donors (Lipinski definition) is 2. The Morgan fingerprint density at radius 1 is 1.06 bits per heavy atom. The summed E-state index contributed by atoms with van der Waals surface area (Å²) in [5.74, 6) is 1.31. The maximum absolute atomic E-state index is 12.6.